The van der Waals surface area contributed by atoms with Crippen molar-refractivity contribution >= 4 is 18.1 Å². The van der Waals surface area contributed by atoms with E-state index in [1.54, 1.807) is 0 Å². The molecule has 56 heavy (non-hydrogen) atoms. The van der Waals surface area contributed by atoms with Gasteiger partial charge in [-0.1, -0.05) is 168 Å². The number of allylic oxidation sites excluding steroid dienone is 4. The van der Waals surface area contributed by atoms with Crippen LogP contribution >= 0.6 is 0 Å². The van der Waals surface area contributed by atoms with Gasteiger partial charge in [-0.15, -0.1) is 0 Å². The lowest BCUT2D eigenvalue weighted by atomic mass is 9.90. The molecule has 0 aliphatic carbocycles. The molecule has 0 rings (SSSR count). The zero-order valence-electron chi connectivity index (χ0n) is 37.2. The Kier molecular flexibility index (Phi) is 39.1. The fourth-order valence-electron chi connectivity index (χ4n) is 7.21. The van der Waals surface area contributed by atoms with E-state index in [0.717, 1.165) is 96.7 Å². The average Bonchev–Trinajstić information content (AvgIpc) is 3.19. The van der Waals surface area contributed by atoms with E-state index in [0.29, 0.717) is 12.8 Å². The van der Waals surface area contributed by atoms with Crippen molar-refractivity contribution < 1.29 is 33.7 Å². The Morgan fingerprint density at radius 3 is 1.54 bits per heavy atom. The molecule has 0 saturated carbocycles. The SMILES string of the molecule is CCCCC/C=C\C/C=C\CCCCCCC(CC(COC(=O)OCCCN(CC)CC)COC(=O)C(CCCCCCC)CCCCCCCCC)C(=O)O. The van der Waals surface area contributed by atoms with Gasteiger partial charge in [-0.3, -0.25) is 9.59 Å². The zero-order valence-corrected chi connectivity index (χ0v) is 37.2. The molecule has 8 heteroatoms. The summed E-state index contributed by atoms with van der Waals surface area (Å²) in [5.74, 6) is -2.22. The Hall–Kier alpha value is -2.35. The Balaban J connectivity index is 5.22. The summed E-state index contributed by atoms with van der Waals surface area (Å²) in [6.07, 6.45) is 36.5. The first-order chi connectivity index (χ1) is 27.3. The number of carbonyl (C=O) groups excluding carboxylic acids is 2. The third kappa shape index (κ3) is 33.8. The molecule has 8 nitrogen and oxygen atoms in total. The molecule has 0 radical (unpaired) electrons. The Labute approximate surface area is 345 Å². The number of unbranched alkanes of at least 4 members (excludes halogenated alkanes) is 17. The van der Waals surface area contributed by atoms with Gasteiger partial charge in [0.15, 0.2) is 0 Å². The maximum Gasteiger partial charge on any atom is 0.508 e. The highest BCUT2D eigenvalue weighted by molar-refractivity contribution is 5.72. The number of rotatable bonds is 41. The fraction of sp³-hybridized carbons (Fsp3) is 0.854. The van der Waals surface area contributed by atoms with Crippen LogP contribution in [0.15, 0.2) is 24.3 Å². The van der Waals surface area contributed by atoms with Crippen molar-refractivity contribution in [3.8, 4) is 0 Å². The summed E-state index contributed by atoms with van der Waals surface area (Å²) < 4.78 is 16.8. The van der Waals surface area contributed by atoms with Gasteiger partial charge in [0, 0.05) is 12.5 Å². The second-order valence-electron chi connectivity index (χ2n) is 16.0. The zero-order chi connectivity index (χ0) is 41.3. The lowest BCUT2D eigenvalue weighted by molar-refractivity contribution is -0.151. The Bertz CT molecular complexity index is 963. The highest BCUT2D eigenvalue weighted by atomic mass is 16.7. The number of ether oxygens (including phenoxy) is 3. The molecule has 0 spiro atoms. The van der Waals surface area contributed by atoms with E-state index in [9.17, 15) is 19.5 Å². The van der Waals surface area contributed by atoms with Gasteiger partial charge in [-0.05, 0) is 77.3 Å². The number of hydrogen-bond donors (Lipinski definition) is 1. The van der Waals surface area contributed by atoms with Crippen molar-refractivity contribution in [3.63, 3.8) is 0 Å². The van der Waals surface area contributed by atoms with Gasteiger partial charge in [0.1, 0.15) is 6.61 Å². The van der Waals surface area contributed by atoms with Crippen LogP contribution in [0.1, 0.15) is 208 Å². The first-order valence-corrected chi connectivity index (χ1v) is 23.5. The van der Waals surface area contributed by atoms with E-state index in [4.69, 9.17) is 14.2 Å². The molecule has 0 saturated heterocycles. The lowest BCUT2D eigenvalue weighted by Gasteiger charge is -2.23. The fourth-order valence-corrected chi connectivity index (χ4v) is 7.21. The topological polar surface area (TPSA) is 102 Å². The number of nitrogens with zero attached hydrogens (tertiary/aromatic N) is 1. The molecule has 0 fully saturated rings. The molecule has 0 aliphatic heterocycles. The molecule has 0 aromatic heterocycles. The molecule has 0 aromatic rings. The van der Waals surface area contributed by atoms with Crippen LogP contribution in [0.25, 0.3) is 0 Å². The van der Waals surface area contributed by atoms with Crippen molar-refractivity contribution in [1.29, 1.82) is 0 Å². The van der Waals surface area contributed by atoms with Crippen molar-refractivity contribution in [1.82, 2.24) is 4.90 Å². The van der Waals surface area contributed by atoms with Crippen LogP contribution in [0.2, 0.25) is 0 Å². The summed E-state index contributed by atoms with van der Waals surface area (Å²) in [6.45, 7) is 13.9. The van der Waals surface area contributed by atoms with Gasteiger partial charge in [0.2, 0.25) is 0 Å². The molecular formula is C48H89NO7. The van der Waals surface area contributed by atoms with Gasteiger partial charge in [0.05, 0.1) is 25.0 Å². The second kappa shape index (κ2) is 40.8. The van der Waals surface area contributed by atoms with Gasteiger partial charge in [-0.2, -0.15) is 0 Å². The molecule has 0 bridgehead atoms. The molecule has 3 unspecified atom stereocenters. The minimum Gasteiger partial charge on any atom is -0.481 e. The van der Waals surface area contributed by atoms with Crippen LogP contribution in [0.4, 0.5) is 4.79 Å². The molecule has 0 amide bonds. The van der Waals surface area contributed by atoms with Crippen molar-refractivity contribution in [3.05, 3.63) is 24.3 Å². The molecule has 3 atom stereocenters. The number of carbonyl (C=O) groups is 3. The van der Waals surface area contributed by atoms with E-state index < -0.39 is 24.0 Å². The predicted octanol–water partition coefficient (Wildman–Crippen LogP) is 13.7. The third-order valence-electron chi connectivity index (χ3n) is 11.0. The average molecular weight is 792 g/mol. The summed E-state index contributed by atoms with van der Waals surface area (Å²) in [7, 11) is 0. The van der Waals surface area contributed by atoms with Gasteiger partial charge >= 0.3 is 18.1 Å². The van der Waals surface area contributed by atoms with E-state index in [2.05, 4.69) is 63.8 Å². The van der Waals surface area contributed by atoms with E-state index in [1.807, 2.05) is 0 Å². The largest absolute Gasteiger partial charge is 0.508 e. The van der Waals surface area contributed by atoms with Crippen LogP contribution in [0, 0.1) is 17.8 Å². The molecule has 1 N–H and O–H groups in total. The molecule has 0 aliphatic rings. The first kappa shape index (κ1) is 53.6. The minimum absolute atomic E-state index is 0.0361. The number of aliphatic carboxylic acids is 1. The number of esters is 1. The highest BCUT2D eigenvalue weighted by Crippen LogP contribution is 2.24. The third-order valence-corrected chi connectivity index (χ3v) is 11.0. The standard InChI is InChI=1S/C48H89NO7/c1-6-11-14-17-19-20-21-22-23-24-25-27-30-33-37-45(46(50)51)40-43(42-56-48(53)54-39-34-38-49(9-4)10-5)41-55-47(52)44(35-31-28-16-13-8-3)36-32-29-26-18-15-12-7-2/h19-20,22-23,43-45H,6-18,21,24-42H2,1-5H3,(H,50,51)/b20-19-,23-22-. The summed E-state index contributed by atoms with van der Waals surface area (Å²) >= 11 is 0. The lowest BCUT2D eigenvalue weighted by Crippen LogP contribution is -2.28. The summed E-state index contributed by atoms with van der Waals surface area (Å²) in [5.41, 5.74) is 0. The Morgan fingerprint density at radius 1 is 0.536 bits per heavy atom. The van der Waals surface area contributed by atoms with E-state index in [1.165, 1.54) is 77.0 Å². The van der Waals surface area contributed by atoms with Crippen LogP contribution in [0.3, 0.4) is 0 Å². The molecule has 328 valence electrons. The smallest absolute Gasteiger partial charge is 0.481 e. The van der Waals surface area contributed by atoms with E-state index in [-0.39, 0.29) is 38.1 Å². The first-order valence-electron chi connectivity index (χ1n) is 23.5. The molecule has 0 aromatic carbocycles. The summed E-state index contributed by atoms with van der Waals surface area (Å²) in [6, 6.07) is 0. The van der Waals surface area contributed by atoms with Crippen molar-refractivity contribution in [2.24, 2.45) is 17.8 Å². The van der Waals surface area contributed by atoms with Crippen molar-refractivity contribution in [2.45, 2.75) is 208 Å². The normalized spacial score (nSPS) is 13.4. The maximum atomic E-state index is 13.5. The number of hydrogen-bond acceptors (Lipinski definition) is 7. The minimum atomic E-state index is -0.852. The Morgan fingerprint density at radius 2 is 1.00 bits per heavy atom. The maximum absolute atomic E-state index is 13.5. The molecule has 0 heterocycles. The van der Waals surface area contributed by atoms with Crippen LogP contribution in [-0.2, 0) is 23.8 Å². The predicted molar refractivity (Wildman–Crippen MR) is 234 cm³/mol. The number of carboxylic acids is 1. The quantitative estimate of drug-likeness (QED) is 0.0371. The van der Waals surface area contributed by atoms with E-state index >= 15 is 0 Å². The van der Waals surface area contributed by atoms with Gasteiger partial charge in [0.25, 0.3) is 0 Å². The van der Waals surface area contributed by atoms with Crippen LogP contribution < -0.4 is 0 Å². The summed E-state index contributed by atoms with van der Waals surface area (Å²) in [5, 5.41) is 10.2. The van der Waals surface area contributed by atoms with Crippen molar-refractivity contribution in [2.75, 3.05) is 39.5 Å². The van der Waals surface area contributed by atoms with Crippen LogP contribution in [-0.4, -0.2) is 67.6 Å². The molecular weight excluding hydrogens is 703 g/mol. The second-order valence-corrected chi connectivity index (χ2v) is 16.0. The number of carboxylic acid groups (broad SMARTS) is 1. The van der Waals surface area contributed by atoms with Crippen LogP contribution in [0.5, 0.6) is 0 Å². The van der Waals surface area contributed by atoms with Gasteiger partial charge in [-0.25, -0.2) is 4.79 Å². The summed E-state index contributed by atoms with van der Waals surface area (Å²) in [4.78, 5) is 40.8. The van der Waals surface area contributed by atoms with Gasteiger partial charge < -0.3 is 24.2 Å². The monoisotopic (exact) mass is 792 g/mol. The highest BCUT2D eigenvalue weighted by Gasteiger charge is 2.27.